The lowest BCUT2D eigenvalue weighted by molar-refractivity contribution is -0.432. The summed E-state index contributed by atoms with van der Waals surface area (Å²) in [6, 6.07) is 5.06. The second-order valence-electron chi connectivity index (χ2n) is 2.13. The Balaban J connectivity index is 2.78. The highest BCUT2D eigenvalue weighted by atomic mass is 32.2. The first-order valence-corrected chi connectivity index (χ1v) is 4.10. The first-order chi connectivity index (χ1) is 6.27. The second-order valence-corrected chi connectivity index (χ2v) is 2.87. The molecule has 0 aliphatic rings. The van der Waals surface area contributed by atoms with Crippen LogP contribution in [0.2, 0.25) is 0 Å². The van der Waals surface area contributed by atoms with E-state index in [1.807, 2.05) is 0 Å². The third kappa shape index (κ3) is 2.78. The van der Waals surface area contributed by atoms with Crippen molar-refractivity contribution in [2.75, 3.05) is 12.8 Å². The highest BCUT2D eigenvalue weighted by Crippen LogP contribution is 2.29. The van der Waals surface area contributed by atoms with E-state index < -0.39 is 0 Å². The highest BCUT2D eigenvalue weighted by Gasteiger charge is 2.03. The molecule has 0 saturated carbocycles. The number of hydrogen-bond acceptors (Lipinski definition) is 6. The molecule has 0 radical (unpaired) electrons. The minimum Gasteiger partial charge on any atom is -0.497 e. The normalized spacial score (nSPS) is 10.0. The van der Waals surface area contributed by atoms with Crippen molar-refractivity contribution in [2.45, 2.75) is 4.90 Å². The third-order valence-corrected chi connectivity index (χ3v) is 2.04. The summed E-state index contributed by atoms with van der Waals surface area (Å²) in [4.78, 5) is 0.605. The number of ether oxygens (including phenoxy) is 1. The van der Waals surface area contributed by atoms with Crippen molar-refractivity contribution < 1.29 is 19.4 Å². The van der Waals surface area contributed by atoms with Gasteiger partial charge in [0.2, 0.25) is 0 Å². The van der Waals surface area contributed by atoms with E-state index in [4.69, 9.17) is 15.7 Å². The number of benzene rings is 1. The minimum absolute atomic E-state index is 0.517. The predicted octanol–water partition coefficient (Wildman–Crippen LogP) is 1.71. The number of rotatable bonds is 4. The average molecular weight is 203 g/mol. The summed E-state index contributed by atoms with van der Waals surface area (Å²) in [5.41, 5.74) is 6.11. The second kappa shape index (κ2) is 4.93. The van der Waals surface area contributed by atoms with E-state index in [1.165, 1.54) is 0 Å². The van der Waals surface area contributed by atoms with Crippen molar-refractivity contribution in [1.29, 1.82) is 0 Å². The number of methoxy groups -OCH3 is 1. The molecule has 0 spiro atoms. The minimum atomic E-state index is 0.517. The summed E-state index contributed by atoms with van der Waals surface area (Å²) in [5, 5.41) is 11.4. The summed E-state index contributed by atoms with van der Waals surface area (Å²) >= 11 is 0.799. The molecule has 0 saturated heterocycles. The van der Waals surface area contributed by atoms with Gasteiger partial charge in [-0.2, -0.15) is 0 Å². The first kappa shape index (κ1) is 10.1. The van der Waals surface area contributed by atoms with Gasteiger partial charge in [-0.1, -0.05) is 5.04 Å². The fourth-order valence-electron chi connectivity index (χ4n) is 0.766. The van der Waals surface area contributed by atoms with Crippen LogP contribution in [-0.4, -0.2) is 12.4 Å². The maximum atomic E-state index is 7.93. The third-order valence-electron chi connectivity index (χ3n) is 1.37. The van der Waals surface area contributed by atoms with Crippen molar-refractivity contribution >= 4 is 17.7 Å². The molecule has 0 atom stereocenters. The lowest BCUT2D eigenvalue weighted by Gasteiger charge is -2.04. The van der Waals surface area contributed by atoms with E-state index in [9.17, 15) is 0 Å². The van der Waals surface area contributed by atoms with E-state index >= 15 is 0 Å². The van der Waals surface area contributed by atoms with E-state index in [1.54, 1.807) is 25.3 Å². The molecule has 13 heavy (non-hydrogen) atoms. The smallest absolute Gasteiger partial charge is 0.120 e. The van der Waals surface area contributed by atoms with E-state index in [2.05, 4.69) is 9.37 Å². The van der Waals surface area contributed by atoms with Gasteiger partial charge in [0.15, 0.2) is 0 Å². The van der Waals surface area contributed by atoms with Crippen molar-refractivity contribution in [3.05, 3.63) is 18.2 Å². The van der Waals surface area contributed by atoms with Gasteiger partial charge in [0.1, 0.15) is 5.75 Å². The first-order valence-electron chi connectivity index (χ1n) is 3.36. The maximum Gasteiger partial charge on any atom is 0.120 e. The van der Waals surface area contributed by atoms with E-state index in [0.29, 0.717) is 16.3 Å². The highest BCUT2D eigenvalue weighted by molar-refractivity contribution is 7.94. The lowest BCUT2D eigenvalue weighted by atomic mass is 10.3. The molecule has 0 amide bonds. The van der Waals surface area contributed by atoms with Crippen molar-refractivity contribution in [1.82, 2.24) is 0 Å². The molecule has 0 aromatic heterocycles. The van der Waals surface area contributed by atoms with Crippen LogP contribution in [0, 0.1) is 0 Å². The molecule has 1 aromatic carbocycles. The van der Waals surface area contributed by atoms with Crippen molar-refractivity contribution in [3.8, 4) is 5.75 Å². The van der Waals surface area contributed by atoms with Crippen LogP contribution in [0.5, 0.6) is 5.75 Å². The zero-order chi connectivity index (χ0) is 9.68. The maximum absolute atomic E-state index is 7.93. The van der Waals surface area contributed by atoms with Gasteiger partial charge in [-0.25, -0.2) is 5.26 Å². The Kier molecular flexibility index (Phi) is 3.84. The van der Waals surface area contributed by atoms with Crippen LogP contribution in [0.1, 0.15) is 0 Å². The summed E-state index contributed by atoms with van der Waals surface area (Å²) in [6.07, 6.45) is 0. The molecule has 0 fully saturated rings. The van der Waals surface area contributed by atoms with Gasteiger partial charge in [-0.15, -0.1) is 4.33 Å². The van der Waals surface area contributed by atoms with Gasteiger partial charge in [0.25, 0.3) is 0 Å². The number of hydrogen-bond donors (Lipinski definition) is 2. The number of anilines is 1. The summed E-state index contributed by atoms with van der Waals surface area (Å²) < 4.78 is 9.20. The average Bonchev–Trinajstić information content (AvgIpc) is 2.17. The van der Waals surface area contributed by atoms with Gasteiger partial charge in [-0.05, 0) is 18.2 Å². The Morgan fingerprint density at radius 3 is 2.85 bits per heavy atom. The molecule has 0 heterocycles. The SMILES string of the molecule is COc1ccc(N)c(SOOO)c1. The van der Waals surface area contributed by atoms with Crippen LogP contribution >= 0.6 is 12.0 Å². The van der Waals surface area contributed by atoms with Crippen LogP contribution in [0.4, 0.5) is 5.69 Å². The molecular weight excluding hydrogens is 194 g/mol. The van der Waals surface area contributed by atoms with Gasteiger partial charge in [0, 0.05) is 5.69 Å². The van der Waals surface area contributed by atoms with Crippen molar-refractivity contribution in [2.24, 2.45) is 0 Å². The van der Waals surface area contributed by atoms with Crippen LogP contribution in [0.25, 0.3) is 0 Å². The predicted molar refractivity (Wildman–Crippen MR) is 48.1 cm³/mol. The molecule has 0 aliphatic carbocycles. The van der Waals surface area contributed by atoms with Crippen LogP contribution in [0.3, 0.4) is 0 Å². The van der Waals surface area contributed by atoms with E-state index in [-0.39, 0.29) is 0 Å². The molecule has 5 nitrogen and oxygen atoms in total. The fraction of sp³-hybridized carbons (Fsp3) is 0.143. The Morgan fingerprint density at radius 2 is 2.23 bits per heavy atom. The molecule has 0 aliphatic heterocycles. The fourth-order valence-corrected chi connectivity index (χ4v) is 1.20. The summed E-state index contributed by atoms with van der Waals surface area (Å²) in [5.74, 6) is 0.651. The Labute approximate surface area is 79.5 Å². The topological polar surface area (TPSA) is 73.9 Å². The summed E-state index contributed by atoms with van der Waals surface area (Å²) in [7, 11) is 1.55. The monoisotopic (exact) mass is 203 g/mol. The number of nitrogens with two attached hydrogens (primary N) is 1. The quantitative estimate of drug-likeness (QED) is 0.336. The molecule has 3 N–H and O–H groups in total. The van der Waals surface area contributed by atoms with Crippen LogP contribution in [-0.2, 0) is 9.37 Å². The molecule has 0 unspecified atom stereocenters. The van der Waals surface area contributed by atoms with Crippen LogP contribution in [0.15, 0.2) is 23.1 Å². The van der Waals surface area contributed by atoms with Gasteiger partial charge in [-0.3, -0.25) is 0 Å². The summed E-state index contributed by atoms with van der Waals surface area (Å²) in [6.45, 7) is 0. The lowest BCUT2D eigenvalue weighted by Crippen LogP contribution is -1.91. The Morgan fingerprint density at radius 1 is 1.46 bits per heavy atom. The number of nitrogen functional groups attached to an aromatic ring is 1. The zero-order valence-corrected chi connectivity index (χ0v) is 7.71. The zero-order valence-electron chi connectivity index (χ0n) is 6.89. The van der Waals surface area contributed by atoms with Gasteiger partial charge < -0.3 is 10.5 Å². The molecule has 6 heteroatoms. The van der Waals surface area contributed by atoms with E-state index in [0.717, 1.165) is 12.0 Å². The van der Waals surface area contributed by atoms with Crippen molar-refractivity contribution in [3.63, 3.8) is 0 Å². The Hall–Kier alpha value is -0.950. The molecular formula is C7H9NO4S. The Bertz CT molecular complexity index is 281. The van der Waals surface area contributed by atoms with Gasteiger partial charge >= 0.3 is 0 Å². The molecule has 72 valence electrons. The molecule has 0 bridgehead atoms. The molecule has 1 rings (SSSR count). The molecule has 1 aromatic rings. The van der Waals surface area contributed by atoms with Gasteiger partial charge in [0.05, 0.1) is 24.0 Å². The largest absolute Gasteiger partial charge is 0.497 e. The van der Waals surface area contributed by atoms with Crippen LogP contribution < -0.4 is 10.5 Å². The standard InChI is InChI=1S/C7H9NO4S/c1-10-5-2-3-6(8)7(4-5)13-12-11-9/h2-4,9H,8H2,1H3.